The number of thioether (sulfide) groups is 1. The van der Waals surface area contributed by atoms with E-state index in [0.29, 0.717) is 28.4 Å². The van der Waals surface area contributed by atoms with Gasteiger partial charge in [0, 0.05) is 17.2 Å². The van der Waals surface area contributed by atoms with Crippen LogP contribution in [0.2, 0.25) is 5.02 Å². The standard InChI is InChI=1S/C24H17ClN2O6S2/c1-31-15-6-3-13(4-7-15)21(28)26-27-22(29)20(35-24(27)34)12-16-8-10-19(33-16)14-5-9-18(25)17(11-14)23(30)32-2/h3-12H,1-2H3,(H,26,28)/b20-12+. The molecule has 0 aliphatic carbocycles. The van der Waals surface area contributed by atoms with E-state index < -0.39 is 17.8 Å². The van der Waals surface area contributed by atoms with Crippen molar-refractivity contribution in [1.82, 2.24) is 10.4 Å². The van der Waals surface area contributed by atoms with Gasteiger partial charge in [0.05, 0.1) is 29.7 Å². The van der Waals surface area contributed by atoms with E-state index in [4.69, 9.17) is 37.7 Å². The van der Waals surface area contributed by atoms with Crippen LogP contribution in [0.1, 0.15) is 26.5 Å². The summed E-state index contributed by atoms with van der Waals surface area (Å²) in [5.74, 6) is -0.0937. The summed E-state index contributed by atoms with van der Waals surface area (Å²) < 4.78 is 15.8. The monoisotopic (exact) mass is 528 g/mol. The SMILES string of the molecule is COC(=O)c1cc(-c2ccc(/C=C3/SC(=S)N(NC(=O)c4ccc(OC)cc4)C3=O)o2)ccc1Cl. The zero-order chi connectivity index (χ0) is 25.1. The summed E-state index contributed by atoms with van der Waals surface area (Å²) in [7, 11) is 2.80. The Kier molecular flexibility index (Phi) is 7.25. The third kappa shape index (κ3) is 5.24. The molecule has 1 aromatic heterocycles. The molecule has 35 heavy (non-hydrogen) atoms. The minimum absolute atomic E-state index is 0.176. The molecule has 2 heterocycles. The van der Waals surface area contributed by atoms with Gasteiger partial charge in [0.1, 0.15) is 17.3 Å². The van der Waals surface area contributed by atoms with Crippen molar-refractivity contribution in [2.24, 2.45) is 0 Å². The highest BCUT2D eigenvalue weighted by Gasteiger charge is 2.34. The number of hydrazine groups is 1. The summed E-state index contributed by atoms with van der Waals surface area (Å²) >= 11 is 12.4. The van der Waals surface area contributed by atoms with Gasteiger partial charge in [-0.25, -0.2) is 4.79 Å². The highest BCUT2D eigenvalue weighted by atomic mass is 35.5. The molecule has 1 saturated heterocycles. The Morgan fingerprint density at radius 2 is 1.86 bits per heavy atom. The number of ether oxygens (including phenoxy) is 2. The molecule has 0 spiro atoms. The van der Waals surface area contributed by atoms with Gasteiger partial charge in [-0.3, -0.25) is 15.0 Å². The third-order valence-electron chi connectivity index (χ3n) is 4.92. The predicted octanol–water partition coefficient (Wildman–Crippen LogP) is 4.94. The van der Waals surface area contributed by atoms with E-state index >= 15 is 0 Å². The molecule has 0 bridgehead atoms. The smallest absolute Gasteiger partial charge is 0.339 e. The molecule has 8 nitrogen and oxygen atoms in total. The van der Waals surface area contributed by atoms with Crippen molar-refractivity contribution in [2.75, 3.05) is 14.2 Å². The number of nitrogens with one attached hydrogen (secondary N) is 1. The van der Waals surface area contributed by atoms with Gasteiger partial charge in [-0.15, -0.1) is 0 Å². The quantitative estimate of drug-likeness (QED) is 0.273. The average molecular weight is 529 g/mol. The van der Waals surface area contributed by atoms with Crippen LogP contribution in [0.4, 0.5) is 0 Å². The number of thiocarbonyl (C=S) groups is 1. The minimum Gasteiger partial charge on any atom is -0.497 e. The number of benzene rings is 2. The number of rotatable bonds is 6. The second kappa shape index (κ2) is 10.3. The van der Waals surface area contributed by atoms with E-state index in [-0.39, 0.29) is 19.8 Å². The van der Waals surface area contributed by atoms with Crippen LogP contribution in [0.5, 0.6) is 5.75 Å². The van der Waals surface area contributed by atoms with E-state index in [2.05, 4.69) is 5.43 Å². The minimum atomic E-state index is -0.566. The second-order valence-electron chi connectivity index (χ2n) is 7.07. The molecular weight excluding hydrogens is 512 g/mol. The van der Waals surface area contributed by atoms with Crippen molar-refractivity contribution in [1.29, 1.82) is 0 Å². The molecule has 2 amide bonds. The van der Waals surface area contributed by atoms with E-state index in [1.807, 2.05) is 0 Å². The Balaban J connectivity index is 1.50. The molecule has 1 fully saturated rings. The number of methoxy groups -OCH3 is 2. The molecule has 0 unspecified atom stereocenters. The Labute approximate surface area is 214 Å². The zero-order valence-electron chi connectivity index (χ0n) is 18.4. The average Bonchev–Trinajstić information content (AvgIpc) is 3.44. The summed E-state index contributed by atoms with van der Waals surface area (Å²) in [5, 5.41) is 1.28. The summed E-state index contributed by atoms with van der Waals surface area (Å²) in [6, 6.07) is 14.6. The maximum absolute atomic E-state index is 12.9. The van der Waals surface area contributed by atoms with Crippen LogP contribution in [0.3, 0.4) is 0 Å². The van der Waals surface area contributed by atoms with Crippen LogP contribution in [-0.2, 0) is 9.53 Å². The first-order chi connectivity index (χ1) is 16.8. The van der Waals surface area contributed by atoms with E-state index in [0.717, 1.165) is 16.8 Å². The lowest BCUT2D eigenvalue weighted by Crippen LogP contribution is -2.44. The largest absolute Gasteiger partial charge is 0.497 e. The van der Waals surface area contributed by atoms with Crippen LogP contribution in [0.25, 0.3) is 17.4 Å². The zero-order valence-corrected chi connectivity index (χ0v) is 20.8. The van der Waals surface area contributed by atoms with Crippen molar-refractivity contribution in [3.63, 3.8) is 0 Å². The number of furan rings is 1. The van der Waals surface area contributed by atoms with E-state index in [1.54, 1.807) is 54.6 Å². The molecule has 4 rings (SSSR count). The molecule has 1 aliphatic rings. The topological polar surface area (TPSA) is 98.1 Å². The van der Waals surface area contributed by atoms with Gasteiger partial charge in [-0.05, 0) is 66.8 Å². The highest BCUT2D eigenvalue weighted by molar-refractivity contribution is 8.26. The van der Waals surface area contributed by atoms with Crippen LogP contribution in [0, 0.1) is 0 Å². The van der Waals surface area contributed by atoms with Gasteiger partial charge < -0.3 is 13.9 Å². The van der Waals surface area contributed by atoms with Crippen molar-refractivity contribution in [3.8, 4) is 17.1 Å². The van der Waals surface area contributed by atoms with Crippen LogP contribution < -0.4 is 10.2 Å². The highest BCUT2D eigenvalue weighted by Crippen LogP contribution is 2.33. The number of carbonyl (C=O) groups excluding carboxylic acids is 3. The number of halogens is 1. The lowest BCUT2D eigenvalue weighted by Gasteiger charge is -2.15. The van der Waals surface area contributed by atoms with Gasteiger partial charge >= 0.3 is 5.97 Å². The molecule has 0 radical (unpaired) electrons. The van der Waals surface area contributed by atoms with E-state index in [9.17, 15) is 14.4 Å². The number of hydrogen-bond donors (Lipinski definition) is 1. The van der Waals surface area contributed by atoms with Crippen molar-refractivity contribution in [3.05, 3.63) is 81.4 Å². The van der Waals surface area contributed by atoms with Crippen molar-refractivity contribution in [2.45, 2.75) is 0 Å². The second-order valence-corrected chi connectivity index (χ2v) is 9.16. The Bertz CT molecular complexity index is 1370. The van der Waals surface area contributed by atoms with Gasteiger partial charge in [0.2, 0.25) is 0 Å². The fourth-order valence-electron chi connectivity index (χ4n) is 3.13. The van der Waals surface area contributed by atoms with Gasteiger partial charge in [-0.2, -0.15) is 5.01 Å². The Morgan fingerprint density at radius 1 is 1.11 bits per heavy atom. The lowest BCUT2D eigenvalue weighted by atomic mass is 10.1. The molecule has 2 aromatic carbocycles. The Morgan fingerprint density at radius 3 is 2.54 bits per heavy atom. The molecule has 3 aromatic rings. The molecule has 0 saturated carbocycles. The number of carbonyl (C=O) groups is 3. The number of esters is 1. The fraction of sp³-hybridized carbons (Fsp3) is 0.0833. The first-order valence-corrected chi connectivity index (χ1v) is 11.6. The van der Waals surface area contributed by atoms with Gasteiger partial charge in [0.25, 0.3) is 11.8 Å². The third-order valence-corrected chi connectivity index (χ3v) is 6.55. The van der Waals surface area contributed by atoms with Gasteiger partial charge in [-0.1, -0.05) is 23.4 Å². The maximum atomic E-state index is 12.9. The molecular formula is C24H17ClN2O6S2. The summed E-state index contributed by atoms with van der Waals surface area (Å²) in [5.41, 5.74) is 3.67. The molecule has 0 atom stereocenters. The molecule has 1 N–H and O–H groups in total. The van der Waals surface area contributed by atoms with Crippen molar-refractivity contribution >= 4 is 63.8 Å². The van der Waals surface area contributed by atoms with Crippen molar-refractivity contribution < 1.29 is 28.3 Å². The first-order valence-electron chi connectivity index (χ1n) is 10.0. The predicted molar refractivity (Wildman–Crippen MR) is 136 cm³/mol. The fourth-order valence-corrected chi connectivity index (χ4v) is 4.49. The van der Waals surface area contributed by atoms with Crippen LogP contribution >= 0.6 is 35.6 Å². The van der Waals surface area contributed by atoms with Crippen LogP contribution in [-0.4, -0.2) is 41.3 Å². The Hall–Kier alpha value is -3.60. The number of nitrogens with zero attached hydrogens (tertiary/aromatic N) is 1. The van der Waals surface area contributed by atoms with E-state index in [1.165, 1.54) is 20.3 Å². The lowest BCUT2D eigenvalue weighted by molar-refractivity contribution is -0.123. The van der Waals surface area contributed by atoms with Gasteiger partial charge in [0.15, 0.2) is 4.32 Å². The summed E-state index contributed by atoms with van der Waals surface area (Å²) in [6.45, 7) is 0. The number of amides is 2. The summed E-state index contributed by atoms with van der Waals surface area (Å²) in [6.07, 6.45) is 1.53. The normalized spacial score (nSPS) is 14.4. The summed E-state index contributed by atoms with van der Waals surface area (Å²) in [4.78, 5) is 37.6. The molecule has 1 aliphatic heterocycles. The first kappa shape index (κ1) is 24.5. The molecule has 11 heteroatoms. The molecule has 178 valence electrons. The van der Waals surface area contributed by atoms with Crippen LogP contribution in [0.15, 0.2) is 63.9 Å². The maximum Gasteiger partial charge on any atom is 0.339 e. The number of hydrogen-bond acceptors (Lipinski definition) is 8.